The highest BCUT2D eigenvalue weighted by Gasteiger charge is 2.42. The Kier molecular flexibility index (Phi) is 7.53. The first-order valence-corrected chi connectivity index (χ1v) is 15.5. The maximum atomic E-state index is 14.8. The summed E-state index contributed by atoms with van der Waals surface area (Å²) in [5, 5.41) is 0.648. The molecule has 1 unspecified atom stereocenters. The van der Waals surface area contributed by atoms with Crippen LogP contribution in [0.1, 0.15) is 53.5 Å². The van der Waals surface area contributed by atoms with Crippen molar-refractivity contribution in [3.05, 3.63) is 107 Å². The first kappa shape index (κ1) is 27.3. The van der Waals surface area contributed by atoms with Gasteiger partial charge in [-0.05, 0) is 86.8 Å². The molecule has 2 saturated heterocycles. The van der Waals surface area contributed by atoms with Gasteiger partial charge in [0, 0.05) is 53.6 Å². The van der Waals surface area contributed by atoms with Crippen LogP contribution in [0.15, 0.2) is 85.1 Å². The van der Waals surface area contributed by atoms with E-state index in [1.54, 1.807) is 7.11 Å². The molecule has 1 aromatic heterocycles. The molecule has 1 amide bonds. The van der Waals surface area contributed by atoms with Crippen LogP contribution in [-0.4, -0.2) is 59.6 Å². The van der Waals surface area contributed by atoms with E-state index in [9.17, 15) is 4.79 Å². The average molecular weight is 581 g/mol. The maximum absolute atomic E-state index is 14.8. The van der Waals surface area contributed by atoms with Crippen LogP contribution in [0.4, 0.5) is 5.69 Å². The second-order valence-electron chi connectivity index (χ2n) is 11.7. The Hall–Kier alpha value is -3.58. The molecule has 2 fully saturated rings. The molecule has 0 bridgehead atoms. The van der Waals surface area contributed by atoms with Gasteiger partial charge in [-0.3, -0.25) is 14.6 Å². The van der Waals surface area contributed by atoms with Crippen molar-refractivity contribution in [2.45, 2.75) is 44.4 Å². The minimum absolute atomic E-state index is 0.0297. The van der Waals surface area contributed by atoms with E-state index in [1.807, 2.05) is 48.5 Å². The summed E-state index contributed by atoms with van der Waals surface area (Å²) < 4.78 is 8.16. The fraction of sp³-hybridized carbons (Fsp3) is 0.343. The standard InChI is InChI=1S/C35H37ClN4O2/c1-42-33-22-25(16-17-29(33)28-12-3-4-13-30(28)36)35(41)40-31-14-5-2-10-26(31)23-38-20-9-15-32(38)34(40)39-21-8-11-27(39)24-37-18-6-7-19-37/h2-5,9-10,12-17,20,22,27,34H,6-8,11,18-19,21,23-24H2,1H3/t27-,34?/m0/s1. The molecule has 4 aromatic rings. The van der Waals surface area contributed by atoms with Crippen LogP contribution in [0, 0.1) is 0 Å². The van der Waals surface area contributed by atoms with Gasteiger partial charge in [0.1, 0.15) is 11.9 Å². The van der Waals surface area contributed by atoms with Crippen molar-refractivity contribution in [2.75, 3.05) is 38.2 Å². The number of para-hydroxylation sites is 1. The first-order valence-electron chi connectivity index (χ1n) is 15.1. The highest BCUT2D eigenvalue weighted by Crippen LogP contribution is 2.42. The number of hydrogen-bond acceptors (Lipinski definition) is 4. The summed E-state index contributed by atoms with van der Waals surface area (Å²) >= 11 is 6.55. The number of aromatic nitrogens is 1. The summed E-state index contributed by atoms with van der Waals surface area (Å²) in [6.45, 7) is 5.11. The largest absolute Gasteiger partial charge is 0.496 e. The predicted molar refractivity (Wildman–Crippen MR) is 168 cm³/mol. The first-order chi connectivity index (χ1) is 20.6. The highest BCUT2D eigenvalue weighted by molar-refractivity contribution is 6.33. The summed E-state index contributed by atoms with van der Waals surface area (Å²) in [6.07, 6.45) is 6.80. The predicted octanol–water partition coefficient (Wildman–Crippen LogP) is 7.08. The molecular weight excluding hydrogens is 544 g/mol. The van der Waals surface area contributed by atoms with Gasteiger partial charge in [0.2, 0.25) is 0 Å². The Morgan fingerprint density at radius 3 is 2.55 bits per heavy atom. The van der Waals surface area contributed by atoms with Crippen LogP contribution < -0.4 is 9.64 Å². The lowest BCUT2D eigenvalue weighted by Gasteiger charge is -2.41. The molecule has 6 nitrogen and oxygen atoms in total. The third-order valence-electron chi connectivity index (χ3n) is 9.20. The Morgan fingerprint density at radius 1 is 0.905 bits per heavy atom. The van der Waals surface area contributed by atoms with E-state index in [2.05, 4.69) is 55.8 Å². The SMILES string of the molecule is COc1cc(C(=O)N2c3ccccc3Cn3cccc3C2N2CCC[C@H]2CN2CCCC2)ccc1-c1ccccc1Cl. The Labute approximate surface area is 253 Å². The topological polar surface area (TPSA) is 41.0 Å². The summed E-state index contributed by atoms with van der Waals surface area (Å²) in [7, 11) is 1.65. The molecule has 4 heterocycles. The number of nitrogens with zero attached hydrogens (tertiary/aromatic N) is 4. The van der Waals surface area contributed by atoms with E-state index in [4.69, 9.17) is 16.3 Å². The molecule has 0 spiro atoms. The van der Waals surface area contributed by atoms with Crippen LogP contribution in [0.5, 0.6) is 5.75 Å². The zero-order valence-corrected chi connectivity index (χ0v) is 24.8. The van der Waals surface area contributed by atoms with Crippen molar-refractivity contribution in [2.24, 2.45) is 0 Å². The normalized spacial score (nSPS) is 20.8. The molecule has 3 aliphatic rings. The number of methoxy groups -OCH3 is 1. The van der Waals surface area contributed by atoms with Gasteiger partial charge in [-0.15, -0.1) is 0 Å². The van der Waals surface area contributed by atoms with Gasteiger partial charge in [-0.25, -0.2) is 0 Å². The van der Waals surface area contributed by atoms with E-state index in [0.29, 0.717) is 22.4 Å². The molecule has 0 aliphatic carbocycles. The lowest BCUT2D eigenvalue weighted by molar-refractivity contribution is 0.0880. The second kappa shape index (κ2) is 11.6. The van der Waals surface area contributed by atoms with Gasteiger partial charge in [0.25, 0.3) is 5.91 Å². The summed E-state index contributed by atoms with van der Waals surface area (Å²) in [6, 6.07) is 26.5. The van der Waals surface area contributed by atoms with Crippen LogP contribution in [-0.2, 0) is 6.54 Å². The Bertz CT molecular complexity index is 1590. The zero-order valence-electron chi connectivity index (χ0n) is 24.1. The Morgan fingerprint density at radius 2 is 1.71 bits per heavy atom. The average Bonchev–Trinajstić information content (AvgIpc) is 3.79. The number of likely N-dealkylation sites (tertiary alicyclic amines) is 2. The van der Waals surface area contributed by atoms with Crippen molar-refractivity contribution in [1.82, 2.24) is 14.4 Å². The molecule has 7 heteroatoms. The second-order valence-corrected chi connectivity index (χ2v) is 12.1. The number of amides is 1. The molecule has 42 heavy (non-hydrogen) atoms. The van der Waals surface area contributed by atoms with E-state index >= 15 is 0 Å². The monoisotopic (exact) mass is 580 g/mol. The smallest absolute Gasteiger partial charge is 0.260 e. The van der Waals surface area contributed by atoms with Gasteiger partial charge in [-0.2, -0.15) is 0 Å². The summed E-state index contributed by atoms with van der Waals surface area (Å²) in [4.78, 5) is 22.1. The van der Waals surface area contributed by atoms with Gasteiger partial charge in [-0.1, -0.05) is 48.0 Å². The molecule has 216 valence electrons. The molecule has 0 N–H and O–H groups in total. The zero-order chi connectivity index (χ0) is 28.6. The molecule has 7 rings (SSSR count). The van der Waals surface area contributed by atoms with Crippen molar-refractivity contribution in [3.63, 3.8) is 0 Å². The summed E-state index contributed by atoms with van der Waals surface area (Å²) in [5.74, 6) is 0.600. The van der Waals surface area contributed by atoms with Crippen molar-refractivity contribution >= 4 is 23.2 Å². The molecule has 0 saturated carbocycles. The molecule has 2 atom stereocenters. The van der Waals surface area contributed by atoms with Crippen LogP contribution in [0.3, 0.4) is 0 Å². The van der Waals surface area contributed by atoms with E-state index in [-0.39, 0.29) is 12.1 Å². The number of anilines is 1. The lowest BCUT2D eigenvalue weighted by atomic mass is 10.0. The molecule has 0 radical (unpaired) electrons. The number of rotatable bonds is 6. The third-order valence-corrected chi connectivity index (χ3v) is 9.53. The quantitative estimate of drug-likeness (QED) is 0.244. The minimum atomic E-state index is -0.208. The molecule has 3 aromatic carbocycles. The number of hydrogen-bond donors (Lipinski definition) is 0. The number of halogens is 1. The number of fused-ring (bicyclic) bond motifs is 2. The minimum Gasteiger partial charge on any atom is -0.496 e. The fourth-order valence-electron chi connectivity index (χ4n) is 7.18. The number of benzene rings is 3. The van der Waals surface area contributed by atoms with Gasteiger partial charge in [0.15, 0.2) is 0 Å². The van der Waals surface area contributed by atoms with Crippen LogP contribution in [0.25, 0.3) is 11.1 Å². The van der Waals surface area contributed by atoms with Crippen molar-refractivity contribution in [3.8, 4) is 16.9 Å². The van der Waals surface area contributed by atoms with E-state index in [1.165, 1.54) is 25.9 Å². The van der Waals surface area contributed by atoms with E-state index in [0.717, 1.165) is 60.5 Å². The van der Waals surface area contributed by atoms with Crippen LogP contribution >= 0.6 is 11.6 Å². The highest BCUT2D eigenvalue weighted by atomic mass is 35.5. The number of ether oxygens (including phenoxy) is 1. The van der Waals surface area contributed by atoms with Crippen molar-refractivity contribution in [1.29, 1.82) is 0 Å². The molecular formula is C35H37ClN4O2. The van der Waals surface area contributed by atoms with Crippen molar-refractivity contribution < 1.29 is 9.53 Å². The fourth-order valence-corrected chi connectivity index (χ4v) is 7.41. The maximum Gasteiger partial charge on any atom is 0.260 e. The van der Waals surface area contributed by atoms with E-state index < -0.39 is 0 Å². The van der Waals surface area contributed by atoms with Gasteiger partial charge >= 0.3 is 0 Å². The Balaban J connectivity index is 1.33. The molecule has 3 aliphatic heterocycles. The number of carbonyl (C=O) groups is 1. The van der Waals surface area contributed by atoms with Gasteiger partial charge in [0.05, 0.1) is 18.5 Å². The summed E-state index contributed by atoms with van der Waals surface area (Å²) in [5.41, 5.74) is 5.61. The van der Waals surface area contributed by atoms with Crippen LogP contribution in [0.2, 0.25) is 5.02 Å². The number of carbonyl (C=O) groups excluding carboxylic acids is 1. The third kappa shape index (κ3) is 4.91. The lowest BCUT2D eigenvalue weighted by Crippen LogP contribution is -2.49. The van der Waals surface area contributed by atoms with Gasteiger partial charge < -0.3 is 14.2 Å².